The van der Waals surface area contributed by atoms with Gasteiger partial charge in [0.05, 0.1) is 16.9 Å². The summed E-state index contributed by atoms with van der Waals surface area (Å²) in [7, 11) is 1.73. The molecule has 0 radical (unpaired) electrons. The fraction of sp³-hybridized carbons (Fsp3) is 0.400. The number of nitro benzene ring substituents is 1. The van der Waals surface area contributed by atoms with Gasteiger partial charge in [-0.05, 0) is 31.2 Å². The number of nitrogens with zero attached hydrogens (tertiary/aromatic N) is 3. The molecule has 30 heavy (non-hydrogen) atoms. The average Bonchev–Trinajstić information content (AvgIpc) is 3.13. The fourth-order valence-electron chi connectivity index (χ4n) is 4.03. The van der Waals surface area contributed by atoms with E-state index in [1.807, 2.05) is 0 Å². The van der Waals surface area contributed by atoms with E-state index in [2.05, 4.69) is 0 Å². The average molecular weight is 446 g/mol. The van der Waals surface area contributed by atoms with Crippen molar-refractivity contribution in [3.63, 3.8) is 0 Å². The van der Waals surface area contributed by atoms with Crippen LogP contribution in [0.2, 0.25) is 0 Å². The highest BCUT2D eigenvalue weighted by Crippen LogP contribution is 2.37. The smallest absolute Gasteiger partial charge is 0.270 e. The van der Waals surface area contributed by atoms with Gasteiger partial charge in [0.15, 0.2) is 11.9 Å². The van der Waals surface area contributed by atoms with Crippen LogP contribution in [-0.2, 0) is 37.0 Å². The molecule has 0 bridgehead atoms. The molecule has 0 atom stereocenters. The van der Waals surface area contributed by atoms with Crippen molar-refractivity contribution in [3.8, 4) is 5.75 Å². The summed E-state index contributed by atoms with van der Waals surface area (Å²) >= 11 is 3.00. The van der Waals surface area contributed by atoms with Gasteiger partial charge in [0.1, 0.15) is 10.6 Å². The number of aromatic nitrogens is 2. The highest BCUT2D eigenvalue weighted by atomic mass is 32.2. The van der Waals surface area contributed by atoms with Crippen LogP contribution in [0.25, 0.3) is 10.2 Å². The molecule has 8 nitrogen and oxygen atoms in total. The largest absolute Gasteiger partial charge is 0.467 e. The number of non-ortho nitro benzene ring substituents is 1. The summed E-state index contributed by atoms with van der Waals surface area (Å²) in [5.74, 6) is 1.03. The number of nitro groups is 1. The summed E-state index contributed by atoms with van der Waals surface area (Å²) in [6.07, 6.45) is 4.22. The first-order chi connectivity index (χ1) is 14.5. The van der Waals surface area contributed by atoms with Crippen molar-refractivity contribution in [2.24, 2.45) is 7.05 Å². The minimum absolute atomic E-state index is 0.00156. The van der Waals surface area contributed by atoms with Gasteiger partial charge in [-0.15, -0.1) is 11.3 Å². The first-order valence-corrected chi connectivity index (χ1v) is 11.5. The molecule has 0 fully saturated rings. The van der Waals surface area contributed by atoms with Gasteiger partial charge >= 0.3 is 0 Å². The Labute approximate surface area is 180 Å². The Morgan fingerprint density at radius 1 is 1.33 bits per heavy atom. The predicted octanol–water partition coefficient (Wildman–Crippen LogP) is 3.94. The molecule has 3 aromatic rings. The van der Waals surface area contributed by atoms with Crippen LogP contribution < -0.4 is 10.3 Å². The number of thioether (sulfide) groups is 1. The van der Waals surface area contributed by atoms with E-state index in [0.717, 1.165) is 35.9 Å². The van der Waals surface area contributed by atoms with Gasteiger partial charge in [-0.1, -0.05) is 11.8 Å². The number of rotatable bonds is 4. The van der Waals surface area contributed by atoms with E-state index in [9.17, 15) is 14.9 Å². The van der Waals surface area contributed by atoms with Gasteiger partial charge in [0, 0.05) is 40.9 Å². The van der Waals surface area contributed by atoms with Crippen LogP contribution in [0.4, 0.5) is 5.69 Å². The summed E-state index contributed by atoms with van der Waals surface area (Å²) in [6.45, 7) is 0.393. The lowest BCUT2D eigenvalue weighted by atomic mass is 9.97. The monoisotopic (exact) mass is 445 g/mol. The van der Waals surface area contributed by atoms with Gasteiger partial charge in [0.2, 0.25) is 0 Å². The minimum Gasteiger partial charge on any atom is -0.467 e. The topological polar surface area (TPSA) is 96.5 Å². The Hall–Kier alpha value is -2.43. The van der Waals surface area contributed by atoms with E-state index >= 15 is 0 Å². The zero-order valence-corrected chi connectivity index (χ0v) is 17.9. The molecule has 1 aliphatic carbocycles. The van der Waals surface area contributed by atoms with Crippen LogP contribution in [-0.4, -0.2) is 21.3 Å². The van der Waals surface area contributed by atoms with E-state index < -0.39 is 4.92 Å². The molecule has 0 saturated heterocycles. The molecule has 1 aromatic carbocycles. The second kappa shape index (κ2) is 7.68. The maximum absolute atomic E-state index is 13.1. The van der Waals surface area contributed by atoms with E-state index in [1.165, 1.54) is 34.3 Å². The Kier molecular flexibility index (Phi) is 5.00. The van der Waals surface area contributed by atoms with Crippen LogP contribution in [0.15, 0.2) is 22.1 Å². The maximum atomic E-state index is 13.1. The second-order valence-corrected chi connectivity index (χ2v) is 9.43. The molecule has 156 valence electrons. The van der Waals surface area contributed by atoms with E-state index in [-0.39, 0.29) is 24.6 Å². The Morgan fingerprint density at radius 2 is 2.17 bits per heavy atom. The normalized spacial score (nSPS) is 15.5. The predicted molar refractivity (Wildman–Crippen MR) is 114 cm³/mol. The van der Waals surface area contributed by atoms with Crippen LogP contribution in [0.1, 0.15) is 34.4 Å². The summed E-state index contributed by atoms with van der Waals surface area (Å²) in [6, 6.07) is 3.01. The second-order valence-electron chi connectivity index (χ2n) is 7.40. The molecule has 0 unspecified atom stereocenters. The number of ether oxygens (including phenoxy) is 2. The molecule has 3 heterocycles. The van der Waals surface area contributed by atoms with E-state index in [1.54, 1.807) is 23.0 Å². The van der Waals surface area contributed by atoms with Gasteiger partial charge < -0.3 is 9.47 Å². The van der Waals surface area contributed by atoms with Crippen molar-refractivity contribution in [2.45, 2.75) is 43.2 Å². The third-order valence-electron chi connectivity index (χ3n) is 5.49. The molecule has 0 spiro atoms. The van der Waals surface area contributed by atoms with Crippen LogP contribution in [0, 0.1) is 10.1 Å². The van der Waals surface area contributed by atoms with Crippen molar-refractivity contribution in [2.75, 3.05) is 6.79 Å². The molecule has 1 aliphatic heterocycles. The number of benzene rings is 1. The summed E-state index contributed by atoms with van der Waals surface area (Å²) in [4.78, 5) is 30.8. The Morgan fingerprint density at radius 3 is 3.00 bits per heavy atom. The van der Waals surface area contributed by atoms with Crippen molar-refractivity contribution in [1.82, 2.24) is 9.55 Å². The zero-order valence-electron chi connectivity index (χ0n) is 16.3. The summed E-state index contributed by atoms with van der Waals surface area (Å²) < 4.78 is 12.5. The standard InChI is InChI=1S/C20H19N3O5S2/c1-22-19(24)16-14-4-2-3-5-15(14)30-18(16)21-20(22)29-9-12-7-13(23(25)26)6-11-8-27-10-28-17(11)12/h6-7H,2-5,8-10H2,1H3. The molecule has 0 amide bonds. The highest BCUT2D eigenvalue weighted by Gasteiger charge is 2.23. The SMILES string of the molecule is Cn1c(SCc2cc([N+](=O)[O-])cc3c2OCOC3)nc2sc3c(c2c1=O)CCCC3. The Balaban J connectivity index is 1.51. The van der Waals surface area contributed by atoms with Crippen LogP contribution in [0.5, 0.6) is 5.75 Å². The fourth-order valence-corrected chi connectivity index (χ4v) is 6.27. The third-order valence-corrected chi connectivity index (χ3v) is 7.76. The summed E-state index contributed by atoms with van der Waals surface area (Å²) in [5.41, 5.74) is 2.52. The van der Waals surface area contributed by atoms with Crippen LogP contribution >= 0.6 is 23.1 Å². The van der Waals surface area contributed by atoms with Crippen molar-refractivity contribution >= 4 is 39.0 Å². The Bertz CT molecular complexity index is 1230. The van der Waals surface area contributed by atoms with Crippen molar-refractivity contribution < 1.29 is 14.4 Å². The van der Waals surface area contributed by atoms with Gasteiger partial charge in [-0.25, -0.2) is 4.98 Å². The van der Waals surface area contributed by atoms with Gasteiger partial charge in [-0.3, -0.25) is 19.5 Å². The highest BCUT2D eigenvalue weighted by molar-refractivity contribution is 7.98. The number of aryl methyl sites for hydroxylation is 2. The van der Waals surface area contributed by atoms with E-state index in [4.69, 9.17) is 14.5 Å². The zero-order chi connectivity index (χ0) is 20.8. The lowest BCUT2D eigenvalue weighted by molar-refractivity contribution is -0.385. The molecule has 2 aliphatic rings. The summed E-state index contributed by atoms with van der Waals surface area (Å²) in [5, 5.41) is 12.7. The lowest BCUT2D eigenvalue weighted by Gasteiger charge is -2.20. The number of hydrogen-bond donors (Lipinski definition) is 0. The molecular weight excluding hydrogens is 426 g/mol. The molecule has 0 N–H and O–H groups in total. The number of thiophene rings is 1. The molecule has 2 aromatic heterocycles. The third kappa shape index (κ3) is 3.28. The van der Waals surface area contributed by atoms with Gasteiger partial charge in [0.25, 0.3) is 11.2 Å². The first kappa shape index (κ1) is 19.5. The molecule has 10 heteroatoms. The first-order valence-electron chi connectivity index (χ1n) is 9.67. The maximum Gasteiger partial charge on any atom is 0.270 e. The number of fused-ring (bicyclic) bond motifs is 4. The van der Waals surface area contributed by atoms with Crippen molar-refractivity contribution in [3.05, 3.63) is 54.2 Å². The lowest BCUT2D eigenvalue weighted by Crippen LogP contribution is -2.20. The quantitative estimate of drug-likeness (QED) is 0.260. The number of hydrogen-bond acceptors (Lipinski definition) is 8. The van der Waals surface area contributed by atoms with Crippen molar-refractivity contribution in [1.29, 1.82) is 0 Å². The molecule has 0 saturated carbocycles. The van der Waals surface area contributed by atoms with Crippen LogP contribution in [0.3, 0.4) is 0 Å². The van der Waals surface area contributed by atoms with E-state index in [0.29, 0.717) is 27.8 Å². The molecule has 5 rings (SSSR count). The van der Waals surface area contributed by atoms with Gasteiger partial charge in [-0.2, -0.15) is 0 Å². The molecular formula is C20H19N3O5S2. The minimum atomic E-state index is -0.417.